The molecule has 2 aromatic carbocycles. The number of benzene rings is 2. The van der Waals surface area contributed by atoms with Crippen LogP contribution >= 0.6 is 0 Å². The third kappa shape index (κ3) is 1.27. The molecule has 0 fully saturated rings. The lowest BCUT2D eigenvalue weighted by molar-refractivity contribution is 0.112. The van der Waals surface area contributed by atoms with E-state index in [0.717, 1.165) is 6.07 Å². The van der Waals surface area contributed by atoms with Gasteiger partial charge in [-0.2, -0.15) is 0 Å². The monoisotopic (exact) mass is 192 g/mol. The summed E-state index contributed by atoms with van der Waals surface area (Å²) in [4.78, 5) is 10.4. The topological polar surface area (TPSA) is 17.1 Å². The van der Waals surface area contributed by atoms with Gasteiger partial charge in [0.15, 0.2) is 6.29 Å². The molecule has 0 amide bonds. The smallest absolute Gasteiger partial charge is 0.153 e. The summed E-state index contributed by atoms with van der Waals surface area (Å²) in [5.41, 5.74) is -0.123. The lowest BCUT2D eigenvalue weighted by Gasteiger charge is -2.01. The van der Waals surface area contributed by atoms with Gasteiger partial charge in [-0.1, -0.05) is 12.1 Å². The molecule has 0 heterocycles. The minimum absolute atomic E-state index is 0.123. The van der Waals surface area contributed by atoms with Crippen molar-refractivity contribution >= 4 is 17.1 Å². The Labute approximate surface area is 79.0 Å². The average Bonchev–Trinajstić information content (AvgIpc) is 2.17. The van der Waals surface area contributed by atoms with Gasteiger partial charge in [-0.15, -0.1) is 0 Å². The van der Waals surface area contributed by atoms with Crippen LogP contribution in [-0.4, -0.2) is 6.29 Å². The Morgan fingerprint density at radius 2 is 1.86 bits per heavy atom. The van der Waals surface area contributed by atoms with Crippen LogP contribution in [0.2, 0.25) is 0 Å². The summed E-state index contributed by atoms with van der Waals surface area (Å²) >= 11 is 0. The molecule has 0 bridgehead atoms. The van der Waals surface area contributed by atoms with Crippen molar-refractivity contribution in [1.82, 2.24) is 0 Å². The number of aldehydes is 1. The number of carbonyl (C=O) groups is 1. The predicted molar refractivity (Wildman–Crippen MR) is 49.3 cm³/mol. The lowest BCUT2D eigenvalue weighted by Crippen LogP contribution is -1.89. The Morgan fingerprint density at radius 1 is 1.07 bits per heavy atom. The average molecular weight is 192 g/mol. The zero-order chi connectivity index (χ0) is 10.1. The first-order valence-electron chi connectivity index (χ1n) is 4.05. The van der Waals surface area contributed by atoms with Crippen molar-refractivity contribution in [3.63, 3.8) is 0 Å². The van der Waals surface area contributed by atoms with E-state index in [1.165, 1.54) is 18.2 Å². The molecule has 70 valence electrons. The summed E-state index contributed by atoms with van der Waals surface area (Å²) in [5, 5.41) is 0.712. The summed E-state index contributed by atoms with van der Waals surface area (Å²) in [5.74, 6) is -1.08. The van der Waals surface area contributed by atoms with Crippen LogP contribution in [0, 0.1) is 11.6 Å². The maximum atomic E-state index is 13.2. The Kier molecular flexibility index (Phi) is 2.00. The van der Waals surface area contributed by atoms with E-state index < -0.39 is 11.6 Å². The Bertz CT molecular complexity index is 506. The maximum Gasteiger partial charge on any atom is 0.153 e. The Balaban J connectivity index is 2.86. The highest BCUT2D eigenvalue weighted by Crippen LogP contribution is 2.20. The molecule has 0 radical (unpaired) electrons. The zero-order valence-corrected chi connectivity index (χ0v) is 7.13. The summed E-state index contributed by atoms with van der Waals surface area (Å²) in [6.07, 6.45) is 0.376. The van der Waals surface area contributed by atoms with Crippen molar-refractivity contribution in [3.8, 4) is 0 Å². The quantitative estimate of drug-likeness (QED) is 0.635. The van der Waals surface area contributed by atoms with Gasteiger partial charge in [-0.3, -0.25) is 4.79 Å². The number of hydrogen-bond donors (Lipinski definition) is 0. The largest absolute Gasteiger partial charge is 0.298 e. The van der Waals surface area contributed by atoms with Gasteiger partial charge in [-0.25, -0.2) is 8.78 Å². The molecule has 0 aliphatic carbocycles. The molecule has 0 aliphatic heterocycles. The van der Waals surface area contributed by atoms with E-state index in [0.29, 0.717) is 11.7 Å². The number of carbonyl (C=O) groups excluding carboxylic acids is 1. The molecule has 0 N–H and O–H groups in total. The van der Waals surface area contributed by atoms with Crippen LogP contribution in [0.1, 0.15) is 10.4 Å². The Morgan fingerprint density at radius 3 is 2.57 bits per heavy atom. The molecule has 1 nitrogen and oxygen atoms in total. The van der Waals surface area contributed by atoms with Crippen LogP contribution in [0.25, 0.3) is 10.8 Å². The standard InChI is InChI=1S/C11H6F2O/c12-10-3-1-2-7-5-11(13)8(6-14)4-9(7)10/h1-6H. The second kappa shape index (κ2) is 3.18. The lowest BCUT2D eigenvalue weighted by atomic mass is 10.1. The van der Waals surface area contributed by atoms with Crippen LogP contribution in [0.15, 0.2) is 30.3 Å². The molecule has 2 aromatic rings. The van der Waals surface area contributed by atoms with Crippen molar-refractivity contribution in [2.75, 3.05) is 0 Å². The molecule has 0 saturated heterocycles. The van der Waals surface area contributed by atoms with Gasteiger partial charge in [0.2, 0.25) is 0 Å². The van der Waals surface area contributed by atoms with Crippen molar-refractivity contribution in [3.05, 3.63) is 47.5 Å². The zero-order valence-electron chi connectivity index (χ0n) is 7.13. The van der Waals surface area contributed by atoms with E-state index in [9.17, 15) is 13.6 Å². The predicted octanol–water partition coefficient (Wildman–Crippen LogP) is 2.93. The van der Waals surface area contributed by atoms with Gasteiger partial charge < -0.3 is 0 Å². The molecule has 0 aromatic heterocycles. The minimum atomic E-state index is -0.627. The highest BCUT2D eigenvalue weighted by molar-refractivity contribution is 5.89. The van der Waals surface area contributed by atoms with Crippen LogP contribution < -0.4 is 0 Å². The van der Waals surface area contributed by atoms with Gasteiger partial charge in [0.1, 0.15) is 11.6 Å². The highest BCUT2D eigenvalue weighted by atomic mass is 19.1. The van der Waals surface area contributed by atoms with Crippen LogP contribution in [0.3, 0.4) is 0 Å². The fourth-order valence-corrected chi connectivity index (χ4v) is 1.37. The number of fused-ring (bicyclic) bond motifs is 1. The van der Waals surface area contributed by atoms with Gasteiger partial charge in [0.05, 0.1) is 5.56 Å². The van der Waals surface area contributed by atoms with E-state index >= 15 is 0 Å². The molecule has 3 heteroatoms. The van der Waals surface area contributed by atoms with Crippen molar-refractivity contribution < 1.29 is 13.6 Å². The fraction of sp³-hybridized carbons (Fsp3) is 0. The molecule has 14 heavy (non-hydrogen) atoms. The van der Waals surface area contributed by atoms with Crippen molar-refractivity contribution in [2.24, 2.45) is 0 Å². The summed E-state index contributed by atoms with van der Waals surface area (Å²) < 4.78 is 26.3. The molecule has 0 atom stereocenters. The molecule has 0 aliphatic rings. The molecular weight excluding hydrogens is 186 g/mol. The second-order valence-corrected chi connectivity index (χ2v) is 2.95. The van der Waals surface area contributed by atoms with E-state index in [2.05, 4.69) is 0 Å². The van der Waals surface area contributed by atoms with E-state index in [1.54, 1.807) is 6.07 Å². The molecular formula is C11H6F2O. The number of rotatable bonds is 1. The first-order chi connectivity index (χ1) is 6.72. The van der Waals surface area contributed by atoms with Gasteiger partial charge in [0, 0.05) is 5.39 Å². The minimum Gasteiger partial charge on any atom is -0.298 e. The molecule has 0 spiro atoms. The maximum absolute atomic E-state index is 13.2. The molecule has 2 rings (SSSR count). The third-order valence-corrected chi connectivity index (χ3v) is 2.07. The first kappa shape index (κ1) is 8.81. The van der Waals surface area contributed by atoms with Gasteiger partial charge in [-0.05, 0) is 23.6 Å². The fourth-order valence-electron chi connectivity index (χ4n) is 1.37. The van der Waals surface area contributed by atoms with Crippen LogP contribution in [0.4, 0.5) is 8.78 Å². The Hall–Kier alpha value is -1.77. The van der Waals surface area contributed by atoms with Crippen LogP contribution in [-0.2, 0) is 0 Å². The first-order valence-corrected chi connectivity index (χ1v) is 4.05. The normalized spacial score (nSPS) is 10.4. The van der Waals surface area contributed by atoms with Crippen molar-refractivity contribution in [1.29, 1.82) is 0 Å². The van der Waals surface area contributed by atoms with Crippen molar-refractivity contribution in [2.45, 2.75) is 0 Å². The van der Waals surface area contributed by atoms with Crippen LogP contribution in [0.5, 0.6) is 0 Å². The van der Waals surface area contributed by atoms with Gasteiger partial charge in [0.25, 0.3) is 0 Å². The second-order valence-electron chi connectivity index (χ2n) is 2.95. The SMILES string of the molecule is O=Cc1cc2c(F)cccc2cc1F. The van der Waals surface area contributed by atoms with E-state index in [1.807, 2.05) is 0 Å². The summed E-state index contributed by atoms with van der Waals surface area (Å²) in [6, 6.07) is 6.73. The molecule has 0 saturated carbocycles. The molecule has 0 unspecified atom stereocenters. The number of hydrogen-bond acceptors (Lipinski definition) is 1. The summed E-state index contributed by atoms with van der Waals surface area (Å²) in [6.45, 7) is 0. The highest BCUT2D eigenvalue weighted by Gasteiger charge is 2.06. The van der Waals surface area contributed by atoms with E-state index in [4.69, 9.17) is 0 Å². The third-order valence-electron chi connectivity index (χ3n) is 2.07. The van der Waals surface area contributed by atoms with E-state index in [-0.39, 0.29) is 10.9 Å². The number of halogens is 2. The summed E-state index contributed by atoms with van der Waals surface area (Å²) in [7, 11) is 0. The van der Waals surface area contributed by atoms with Gasteiger partial charge >= 0.3 is 0 Å².